The molecule has 0 spiro atoms. The van der Waals surface area contributed by atoms with Crippen molar-refractivity contribution in [1.82, 2.24) is 9.55 Å². The summed E-state index contributed by atoms with van der Waals surface area (Å²) >= 11 is 1.14. The molecule has 0 N–H and O–H groups in total. The number of rotatable bonds is 5. The molecule has 0 fully saturated rings. The van der Waals surface area contributed by atoms with Crippen LogP contribution in [0.2, 0.25) is 0 Å². The molecular weight excluding hydrogens is 462 g/mol. The summed E-state index contributed by atoms with van der Waals surface area (Å²) < 4.78 is 6.05. The van der Waals surface area contributed by atoms with E-state index in [1.165, 1.54) is 11.7 Å². The fourth-order valence-electron chi connectivity index (χ4n) is 4.33. The van der Waals surface area contributed by atoms with Crippen molar-refractivity contribution in [1.29, 1.82) is 0 Å². The summed E-state index contributed by atoms with van der Waals surface area (Å²) in [5, 5.41) is 0.700. The van der Waals surface area contributed by atoms with E-state index in [9.17, 15) is 14.4 Å². The number of anilines is 2. The van der Waals surface area contributed by atoms with Gasteiger partial charge in [-0.05, 0) is 48.2 Å². The standard InChI is InChI=1S/C27H23N3O4S/c1-34-25(32)16-29-26(33)20-10-4-5-11-21(20)28-27(29)35-17-24(31)30-22-12-6-2-8-18(22)14-15-19-9-3-7-13-23(19)30/h2-13H,14-17H2,1H3. The molecule has 0 atom stereocenters. The smallest absolute Gasteiger partial charge is 0.325 e. The van der Waals surface area contributed by atoms with Crippen LogP contribution in [0.4, 0.5) is 11.4 Å². The van der Waals surface area contributed by atoms with E-state index in [1.807, 2.05) is 48.5 Å². The van der Waals surface area contributed by atoms with Gasteiger partial charge in [-0.25, -0.2) is 4.98 Å². The number of amides is 1. The molecule has 1 aromatic heterocycles. The third-order valence-electron chi connectivity index (χ3n) is 6.04. The molecule has 3 aromatic carbocycles. The first-order valence-corrected chi connectivity index (χ1v) is 12.2. The predicted molar refractivity (Wildman–Crippen MR) is 136 cm³/mol. The average molecular weight is 486 g/mol. The maximum Gasteiger partial charge on any atom is 0.325 e. The lowest BCUT2D eigenvalue weighted by atomic mass is 10.0. The van der Waals surface area contributed by atoms with Crippen LogP contribution in [0.25, 0.3) is 10.9 Å². The molecule has 2 heterocycles. The zero-order chi connectivity index (χ0) is 24.4. The maximum atomic E-state index is 13.7. The lowest BCUT2D eigenvalue weighted by Crippen LogP contribution is -2.30. The summed E-state index contributed by atoms with van der Waals surface area (Å²) in [5.41, 5.74) is 4.10. The number of hydrogen-bond donors (Lipinski definition) is 0. The van der Waals surface area contributed by atoms with Crippen LogP contribution < -0.4 is 10.5 Å². The number of para-hydroxylation sites is 3. The quantitative estimate of drug-likeness (QED) is 0.240. The fourth-order valence-corrected chi connectivity index (χ4v) is 5.18. The Balaban J connectivity index is 1.52. The van der Waals surface area contributed by atoms with Crippen molar-refractivity contribution in [3.8, 4) is 0 Å². The largest absolute Gasteiger partial charge is 0.468 e. The van der Waals surface area contributed by atoms with Crippen molar-refractivity contribution in [3.05, 3.63) is 94.3 Å². The summed E-state index contributed by atoms with van der Waals surface area (Å²) in [6, 6.07) is 22.8. The Labute approximate surface area is 206 Å². The van der Waals surface area contributed by atoms with Crippen LogP contribution in [0.3, 0.4) is 0 Å². The number of hydrogen-bond acceptors (Lipinski definition) is 6. The molecule has 1 amide bonds. The normalized spacial score (nSPS) is 12.5. The first-order valence-electron chi connectivity index (χ1n) is 11.2. The van der Waals surface area contributed by atoms with Crippen LogP contribution in [0.5, 0.6) is 0 Å². The van der Waals surface area contributed by atoms with E-state index >= 15 is 0 Å². The van der Waals surface area contributed by atoms with Crippen molar-refractivity contribution in [2.45, 2.75) is 24.5 Å². The Morgan fingerprint density at radius 3 is 2.17 bits per heavy atom. The summed E-state index contributed by atoms with van der Waals surface area (Å²) in [5.74, 6) is -0.661. The van der Waals surface area contributed by atoms with Gasteiger partial charge in [0.2, 0.25) is 5.91 Å². The molecular formula is C27H23N3O4S. The Morgan fingerprint density at radius 2 is 1.51 bits per heavy atom. The number of thioether (sulfide) groups is 1. The minimum Gasteiger partial charge on any atom is -0.468 e. The highest BCUT2D eigenvalue weighted by atomic mass is 32.2. The molecule has 7 nitrogen and oxygen atoms in total. The molecule has 176 valence electrons. The Hall–Kier alpha value is -3.91. The highest BCUT2D eigenvalue weighted by Crippen LogP contribution is 2.36. The molecule has 1 aliphatic heterocycles. The van der Waals surface area contributed by atoms with Gasteiger partial charge in [-0.15, -0.1) is 0 Å². The number of carbonyl (C=O) groups excluding carboxylic acids is 2. The molecule has 0 unspecified atom stereocenters. The SMILES string of the molecule is COC(=O)Cn1c(SCC(=O)N2c3ccccc3CCc3ccccc32)nc2ccccc2c1=O. The number of nitrogens with zero attached hydrogens (tertiary/aromatic N) is 3. The van der Waals surface area contributed by atoms with Crippen LogP contribution in [0.1, 0.15) is 11.1 Å². The number of aromatic nitrogens is 2. The van der Waals surface area contributed by atoms with Crippen LogP contribution in [-0.2, 0) is 33.7 Å². The van der Waals surface area contributed by atoms with Crippen molar-refractivity contribution >= 4 is 45.9 Å². The Kier molecular flexibility index (Phi) is 6.37. The molecule has 1 aliphatic rings. The topological polar surface area (TPSA) is 81.5 Å². The average Bonchev–Trinajstić information content (AvgIpc) is 3.06. The molecule has 0 saturated carbocycles. The van der Waals surface area contributed by atoms with Gasteiger partial charge in [0.25, 0.3) is 5.56 Å². The van der Waals surface area contributed by atoms with E-state index in [0.717, 1.165) is 47.1 Å². The number of ether oxygens (including phenoxy) is 1. The van der Waals surface area contributed by atoms with Gasteiger partial charge in [-0.1, -0.05) is 60.3 Å². The third kappa shape index (κ3) is 4.44. The number of aryl methyl sites for hydroxylation is 2. The van der Waals surface area contributed by atoms with Gasteiger partial charge < -0.3 is 4.74 Å². The second-order valence-corrected chi connectivity index (χ2v) is 9.10. The van der Waals surface area contributed by atoms with E-state index < -0.39 is 5.97 Å². The number of esters is 1. The maximum absolute atomic E-state index is 13.7. The molecule has 0 saturated heterocycles. The van der Waals surface area contributed by atoms with Crippen molar-refractivity contribution in [2.75, 3.05) is 17.8 Å². The summed E-state index contributed by atoms with van der Waals surface area (Å²) in [6.45, 7) is -0.279. The zero-order valence-electron chi connectivity index (χ0n) is 19.1. The van der Waals surface area contributed by atoms with Gasteiger partial charge in [0.15, 0.2) is 5.16 Å². The Morgan fingerprint density at radius 1 is 0.914 bits per heavy atom. The predicted octanol–water partition coefficient (Wildman–Crippen LogP) is 4.13. The highest BCUT2D eigenvalue weighted by molar-refractivity contribution is 7.99. The number of methoxy groups -OCH3 is 1. The van der Waals surface area contributed by atoms with Crippen LogP contribution in [-0.4, -0.2) is 34.3 Å². The van der Waals surface area contributed by atoms with Crippen LogP contribution in [0, 0.1) is 0 Å². The van der Waals surface area contributed by atoms with Gasteiger partial charge >= 0.3 is 5.97 Å². The zero-order valence-corrected chi connectivity index (χ0v) is 20.0. The highest BCUT2D eigenvalue weighted by Gasteiger charge is 2.26. The van der Waals surface area contributed by atoms with Gasteiger partial charge in [-0.2, -0.15) is 0 Å². The second kappa shape index (κ2) is 9.76. The summed E-state index contributed by atoms with van der Waals surface area (Å²) in [7, 11) is 1.27. The summed E-state index contributed by atoms with van der Waals surface area (Å²) in [4.78, 5) is 45.2. The molecule has 0 aliphatic carbocycles. The molecule has 0 radical (unpaired) electrons. The van der Waals surface area contributed by atoms with Gasteiger partial charge in [0.1, 0.15) is 6.54 Å². The second-order valence-electron chi connectivity index (χ2n) is 8.15. The van der Waals surface area contributed by atoms with Crippen molar-refractivity contribution in [2.24, 2.45) is 0 Å². The van der Waals surface area contributed by atoms with Crippen molar-refractivity contribution < 1.29 is 14.3 Å². The number of carbonyl (C=O) groups is 2. The minimum atomic E-state index is -0.562. The van der Waals surface area contributed by atoms with Crippen LogP contribution >= 0.6 is 11.8 Å². The van der Waals surface area contributed by atoms with Gasteiger partial charge in [0, 0.05) is 0 Å². The third-order valence-corrected chi connectivity index (χ3v) is 7.01. The Bertz CT molecular complexity index is 1450. The summed E-state index contributed by atoms with van der Waals surface area (Å²) in [6.07, 6.45) is 1.68. The minimum absolute atomic E-state index is 0.0363. The van der Waals surface area contributed by atoms with Gasteiger partial charge in [-0.3, -0.25) is 23.9 Å². The van der Waals surface area contributed by atoms with Crippen LogP contribution in [0.15, 0.2) is 82.7 Å². The van der Waals surface area contributed by atoms with Gasteiger partial charge in [0.05, 0.1) is 35.1 Å². The van der Waals surface area contributed by atoms with E-state index in [2.05, 4.69) is 4.98 Å². The lowest BCUT2D eigenvalue weighted by molar-refractivity contribution is -0.141. The lowest BCUT2D eigenvalue weighted by Gasteiger charge is -2.25. The van der Waals surface area contributed by atoms with E-state index in [1.54, 1.807) is 29.2 Å². The van der Waals surface area contributed by atoms with E-state index in [0.29, 0.717) is 16.1 Å². The monoisotopic (exact) mass is 485 g/mol. The van der Waals surface area contributed by atoms with E-state index in [4.69, 9.17) is 4.74 Å². The first-order chi connectivity index (χ1) is 17.1. The molecule has 35 heavy (non-hydrogen) atoms. The molecule has 4 aromatic rings. The fraction of sp³-hybridized carbons (Fsp3) is 0.185. The molecule has 5 rings (SSSR count). The molecule has 0 bridgehead atoms. The number of fused-ring (bicyclic) bond motifs is 3. The first kappa shape index (κ1) is 22.9. The van der Waals surface area contributed by atoms with E-state index in [-0.39, 0.29) is 23.8 Å². The number of benzene rings is 3. The molecule has 8 heteroatoms. The van der Waals surface area contributed by atoms with Crippen molar-refractivity contribution in [3.63, 3.8) is 0 Å².